The second-order valence-corrected chi connectivity index (χ2v) is 17.6. The standard InChI is InChI=1S/C61H98O6/c1-4-7-10-13-16-19-22-25-27-29-31-33-36-39-42-45-48-51-54-60(63)66-57-58(56-65-59(62)53-50-47-44-41-38-35-24-21-18-15-12-9-6-3)67-61(64)55-52-49-46-43-40-37-34-32-30-28-26-23-20-17-14-11-8-5-2/h9-10,12-13,15-16,18-19,21-22,24-25,27,29,31-35,38,58H,4-8,11,14,17,20,23,26,28,30,36-37,39-57H2,1-3H3/b12-9-,13-10-,18-15-,19-16-,24-21-,25-22-,29-27-,33-31-,34-32-,38-35-. The minimum atomic E-state index is -0.813. The van der Waals surface area contributed by atoms with E-state index in [4.69, 9.17) is 14.2 Å². The molecule has 0 rings (SSSR count). The summed E-state index contributed by atoms with van der Waals surface area (Å²) < 4.78 is 16.8. The van der Waals surface area contributed by atoms with Gasteiger partial charge in [-0.1, -0.05) is 245 Å². The summed E-state index contributed by atoms with van der Waals surface area (Å²) in [5, 5.41) is 0. The van der Waals surface area contributed by atoms with E-state index in [2.05, 4.69) is 75.5 Å². The Morgan fingerprint density at radius 1 is 0.313 bits per heavy atom. The first-order chi connectivity index (χ1) is 33.0. The van der Waals surface area contributed by atoms with Crippen molar-refractivity contribution in [1.82, 2.24) is 0 Å². The van der Waals surface area contributed by atoms with Crippen molar-refractivity contribution in [2.45, 2.75) is 232 Å². The molecule has 0 saturated carbocycles. The van der Waals surface area contributed by atoms with Crippen molar-refractivity contribution in [3.05, 3.63) is 122 Å². The molecule has 0 aliphatic carbocycles. The minimum absolute atomic E-state index is 0.111. The van der Waals surface area contributed by atoms with Gasteiger partial charge in [0, 0.05) is 19.3 Å². The third-order valence-corrected chi connectivity index (χ3v) is 11.1. The average molecular weight is 927 g/mol. The van der Waals surface area contributed by atoms with E-state index in [0.29, 0.717) is 19.3 Å². The van der Waals surface area contributed by atoms with Gasteiger partial charge in [-0.05, 0) is 83.5 Å². The van der Waals surface area contributed by atoms with E-state index in [1.807, 2.05) is 66.8 Å². The van der Waals surface area contributed by atoms with Crippen LogP contribution in [0, 0.1) is 0 Å². The van der Waals surface area contributed by atoms with E-state index < -0.39 is 6.10 Å². The zero-order valence-corrected chi connectivity index (χ0v) is 43.1. The fourth-order valence-corrected chi connectivity index (χ4v) is 7.06. The molecule has 0 fully saturated rings. The molecule has 0 aromatic carbocycles. The van der Waals surface area contributed by atoms with Crippen LogP contribution in [0.15, 0.2) is 122 Å². The van der Waals surface area contributed by atoms with Gasteiger partial charge in [0.2, 0.25) is 0 Å². The van der Waals surface area contributed by atoms with Gasteiger partial charge in [-0.3, -0.25) is 14.4 Å². The quantitative estimate of drug-likeness (QED) is 0.0199. The molecule has 0 aromatic heterocycles. The van der Waals surface area contributed by atoms with Gasteiger partial charge in [-0.15, -0.1) is 0 Å². The van der Waals surface area contributed by atoms with Crippen molar-refractivity contribution in [3.8, 4) is 0 Å². The number of rotatable bonds is 47. The van der Waals surface area contributed by atoms with E-state index in [0.717, 1.165) is 109 Å². The molecule has 0 spiro atoms. The molecule has 0 radical (unpaired) electrons. The van der Waals surface area contributed by atoms with Gasteiger partial charge in [0.05, 0.1) is 0 Å². The molecule has 0 amide bonds. The number of esters is 3. The number of hydrogen-bond acceptors (Lipinski definition) is 6. The number of carbonyl (C=O) groups excluding carboxylic acids is 3. The summed E-state index contributed by atoms with van der Waals surface area (Å²) in [5.74, 6) is -0.986. The fraction of sp³-hybridized carbons (Fsp3) is 0.623. The topological polar surface area (TPSA) is 78.9 Å². The van der Waals surface area contributed by atoms with Crippen molar-refractivity contribution in [1.29, 1.82) is 0 Å². The lowest BCUT2D eigenvalue weighted by Crippen LogP contribution is -2.30. The van der Waals surface area contributed by atoms with Gasteiger partial charge in [0.1, 0.15) is 13.2 Å². The van der Waals surface area contributed by atoms with Gasteiger partial charge in [-0.25, -0.2) is 0 Å². The fourth-order valence-electron chi connectivity index (χ4n) is 7.06. The van der Waals surface area contributed by atoms with E-state index in [9.17, 15) is 14.4 Å². The van der Waals surface area contributed by atoms with Crippen molar-refractivity contribution >= 4 is 17.9 Å². The highest BCUT2D eigenvalue weighted by atomic mass is 16.6. The van der Waals surface area contributed by atoms with Crippen LogP contribution in [0.2, 0.25) is 0 Å². The molecule has 378 valence electrons. The first-order valence-electron chi connectivity index (χ1n) is 27.2. The van der Waals surface area contributed by atoms with Gasteiger partial charge >= 0.3 is 17.9 Å². The van der Waals surface area contributed by atoms with E-state index in [1.54, 1.807) is 0 Å². The van der Waals surface area contributed by atoms with Crippen LogP contribution < -0.4 is 0 Å². The lowest BCUT2D eigenvalue weighted by Gasteiger charge is -2.18. The molecule has 0 N–H and O–H groups in total. The molecule has 6 nitrogen and oxygen atoms in total. The van der Waals surface area contributed by atoms with Crippen LogP contribution in [0.3, 0.4) is 0 Å². The smallest absolute Gasteiger partial charge is 0.306 e. The summed E-state index contributed by atoms with van der Waals surface area (Å²) in [5.41, 5.74) is 0. The van der Waals surface area contributed by atoms with Crippen molar-refractivity contribution in [3.63, 3.8) is 0 Å². The number of allylic oxidation sites excluding steroid dienone is 20. The van der Waals surface area contributed by atoms with Gasteiger partial charge in [0.25, 0.3) is 0 Å². The third kappa shape index (κ3) is 52.6. The maximum atomic E-state index is 12.8. The lowest BCUT2D eigenvalue weighted by atomic mass is 10.1. The molecular weight excluding hydrogens is 829 g/mol. The minimum Gasteiger partial charge on any atom is -0.462 e. The molecular formula is C61H98O6. The zero-order valence-electron chi connectivity index (χ0n) is 43.1. The maximum absolute atomic E-state index is 12.8. The summed E-state index contributed by atoms with van der Waals surface area (Å²) >= 11 is 0. The van der Waals surface area contributed by atoms with E-state index in [-0.39, 0.29) is 31.1 Å². The first kappa shape index (κ1) is 62.8. The van der Waals surface area contributed by atoms with E-state index >= 15 is 0 Å². The number of carbonyl (C=O) groups is 3. The van der Waals surface area contributed by atoms with E-state index in [1.165, 1.54) is 77.0 Å². The highest BCUT2D eigenvalue weighted by Crippen LogP contribution is 2.14. The van der Waals surface area contributed by atoms with Crippen LogP contribution in [-0.2, 0) is 28.6 Å². The Bertz CT molecular complexity index is 1440. The predicted octanol–water partition coefficient (Wildman–Crippen LogP) is 18.1. The average Bonchev–Trinajstić information content (AvgIpc) is 3.33. The number of unbranched alkanes of at least 4 members (excludes halogenated alkanes) is 23. The summed E-state index contributed by atoms with van der Waals surface area (Å²) in [4.78, 5) is 38.1. The molecule has 0 aliphatic rings. The summed E-state index contributed by atoms with van der Waals surface area (Å²) in [6, 6.07) is 0. The summed E-state index contributed by atoms with van der Waals surface area (Å²) in [7, 11) is 0. The Labute approximate surface area is 412 Å². The summed E-state index contributed by atoms with van der Waals surface area (Å²) in [6.45, 7) is 6.34. The molecule has 0 aromatic rings. The highest BCUT2D eigenvalue weighted by molar-refractivity contribution is 5.71. The Balaban J connectivity index is 4.51. The largest absolute Gasteiger partial charge is 0.462 e. The molecule has 6 heteroatoms. The molecule has 1 atom stereocenters. The first-order valence-corrected chi connectivity index (χ1v) is 27.2. The maximum Gasteiger partial charge on any atom is 0.306 e. The second-order valence-electron chi connectivity index (χ2n) is 17.6. The van der Waals surface area contributed by atoms with Crippen molar-refractivity contribution in [2.24, 2.45) is 0 Å². The molecule has 67 heavy (non-hydrogen) atoms. The summed E-state index contributed by atoms with van der Waals surface area (Å²) in [6.07, 6.45) is 74.7. The van der Waals surface area contributed by atoms with Crippen LogP contribution in [0.1, 0.15) is 226 Å². The Morgan fingerprint density at radius 2 is 0.627 bits per heavy atom. The molecule has 0 bridgehead atoms. The SMILES string of the molecule is CC\C=C/C=C\C=C/C=C\CCCCCC(=O)OCC(COC(=O)CCCCCCC\C=C/C=C\C=C/C=C\C=C/CCC)OC(=O)CCCCCCC/C=C\CCCCCCCCCCC. The highest BCUT2D eigenvalue weighted by Gasteiger charge is 2.19. The van der Waals surface area contributed by atoms with Gasteiger partial charge in [0.15, 0.2) is 6.10 Å². The van der Waals surface area contributed by atoms with Crippen molar-refractivity contribution < 1.29 is 28.6 Å². The van der Waals surface area contributed by atoms with Crippen LogP contribution in [-0.4, -0.2) is 37.2 Å². The Kier molecular flexibility index (Phi) is 51.0. The van der Waals surface area contributed by atoms with Gasteiger partial charge < -0.3 is 14.2 Å². The lowest BCUT2D eigenvalue weighted by molar-refractivity contribution is -0.167. The Morgan fingerprint density at radius 3 is 1.03 bits per heavy atom. The zero-order chi connectivity index (χ0) is 48.6. The van der Waals surface area contributed by atoms with Crippen molar-refractivity contribution in [2.75, 3.05) is 13.2 Å². The monoisotopic (exact) mass is 927 g/mol. The Hall–Kier alpha value is -4.19. The molecule has 0 saturated heterocycles. The molecule has 0 heterocycles. The number of hydrogen-bond donors (Lipinski definition) is 0. The van der Waals surface area contributed by atoms with Crippen LogP contribution in [0.25, 0.3) is 0 Å². The third-order valence-electron chi connectivity index (χ3n) is 11.1. The molecule has 1 unspecified atom stereocenters. The second kappa shape index (κ2) is 54.4. The van der Waals surface area contributed by atoms with Crippen LogP contribution >= 0.6 is 0 Å². The molecule has 0 aliphatic heterocycles. The van der Waals surface area contributed by atoms with Gasteiger partial charge in [-0.2, -0.15) is 0 Å². The van der Waals surface area contributed by atoms with Crippen LogP contribution in [0.4, 0.5) is 0 Å². The number of ether oxygens (including phenoxy) is 3. The normalized spacial score (nSPS) is 13.1. The predicted molar refractivity (Wildman–Crippen MR) is 288 cm³/mol. The van der Waals surface area contributed by atoms with Crippen LogP contribution in [0.5, 0.6) is 0 Å².